The quantitative estimate of drug-likeness (QED) is 0.812. The Labute approximate surface area is 111 Å². The zero-order valence-corrected chi connectivity index (χ0v) is 12.4. The van der Waals surface area contributed by atoms with Gasteiger partial charge in [0.25, 0.3) is 0 Å². The molecule has 2 saturated heterocycles. The number of nitrogens with one attached hydrogen (secondary N) is 1. The van der Waals surface area contributed by atoms with Crippen LogP contribution in [0.3, 0.4) is 0 Å². The fourth-order valence-electron chi connectivity index (χ4n) is 2.83. The molecule has 18 heavy (non-hydrogen) atoms. The number of hydrogen-bond donors (Lipinski definition) is 1. The molecule has 4 nitrogen and oxygen atoms in total. The third-order valence-electron chi connectivity index (χ3n) is 4.52. The van der Waals surface area contributed by atoms with Gasteiger partial charge in [-0.15, -0.1) is 0 Å². The summed E-state index contributed by atoms with van der Waals surface area (Å²) in [5.41, 5.74) is 0. The second kappa shape index (κ2) is 5.47. The highest BCUT2D eigenvalue weighted by atomic mass is 32.2. The van der Waals surface area contributed by atoms with Crippen LogP contribution in [0.1, 0.15) is 33.1 Å². The molecule has 0 unspecified atom stereocenters. The molecule has 2 fully saturated rings. The van der Waals surface area contributed by atoms with E-state index in [1.54, 1.807) is 0 Å². The average Bonchev–Trinajstić information content (AvgIpc) is 2.42. The molecule has 0 aliphatic carbocycles. The summed E-state index contributed by atoms with van der Waals surface area (Å²) < 4.78 is 23.7. The fraction of sp³-hybridized carbons (Fsp3) is 1.00. The summed E-state index contributed by atoms with van der Waals surface area (Å²) in [7, 11) is -2.93. The first-order chi connectivity index (χ1) is 8.41. The van der Waals surface area contributed by atoms with Crippen LogP contribution in [0.25, 0.3) is 0 Å². The van der Waals surface area contributed by atoms with Gasteiger partial charge in [-0.3, -0.25) is 0 Å². The van der Waals surface area contributed by atoms with Crippen LogP contribution in [0, 0.1) is 5.92 Å². The van der Waals surface area contributed by atoms with E-state index in [0.717, 1.165) is 45.1 Å². The standard InChI is InChI=1S/C13H26N2O2S/c1-13(2)5-8-15(9-10-18(13,16)17)11-12-3-6-14-7-4-12/h12,14H,3-11H2,1-2H3. The van der Waals surface area contributed by atoms with Crippen LogP contribution >= 0.6 is 0 Å². The molecule has 2 aliphatic rings. The minimum Gasteiger partial charge on any atom is -0.317 e. The lowest BCUT2D eigenvalue weighted by molar-refractivity contribution is 0.212. The molecular formula is C13H26N2O2S. The van der Waals surface area contributed by atoms with Crippen molar-refractivity contribution < 1.29 is 8.42 Å². The Balaban J connectivity index is 1.92. The number of hydrogen-bond acceptors (Lipinski definition) is 4. The average molecular weight is 274 g/mol. The lowest BCUT2D eigenvalue weighted by Crippen LogP contribution is -2.37. The number of nitrogens with zero attached hydrogens (tertiary/aromatic N) is 1. The molecule has 2 aliphatic heterocycles. The highest BCUT2D eigenvalue weighted by Crippen LogP contribution is 2.26. The van der Waals surface area contributed by atoms with Gasteiger partial charge in [0.2, 0.25) is 0 Å². The minimum atomic E-state index is -2.93. The predicted octanol–water partition coefficient (Wildman–Crippen LogP) is 0.885. The fourth-order valence-corrected chi connectivity index (χ4v) is 4.29. The van der Waals surface area contributed by atoms with E-state index in [9.17, 15) is 8.42 Å². The van der Waals surface area contributed by atoms with Gasteiger partial charge < -0.3 is 10.2 Å². The summed E-state index contributed by atoms with van der Waals surface area (Å²) in [5.74, 6) is 1.07. The van der Waals surface area contributed by atoms with E-state index in [1.807, 2.05) is 13.8 Å². The van der Waals surface area contributed by atoms with Crippen molar-refractivity contribution >= 4 is 9.84 Å². The van der Waals surface area contributed by atoms with Crippen molar-refractivity contribution in [1.29, 1.82) is 0 Å². The van der Waals surface area contributed by atoms with Crippen molar-refractivity contribution in [1.82, 2.24) is 10.2 Å². The van der Waals surface area contributed by atoms with E-state index in [2.05, 4.69) is 10.2 Å². The molecule has 0 saturated carbocycles. The molecule has 1 N–H and O–H groups in total. The molecule has 0 radical (unpaired) electrons. The van der Waals surface area contributed by atoms with Gasteiger partial charge in [-0.1, -0.05) is 0 Å². The third-order valence-corrected chi connectivity index (χ3v) is 7.13. The van der Waals surface area contributed by atoms with Gasteiger partial charge >= 0.3 is 0 Å². The highest BCUT2D eigenvalue weighted by molar-refractivity contribution is 7.92. The first kappa shape index (κ1) is 14.3. The Kier molecular flexibility index (Phi) is 4.34. The van der Waals surface area contributed by atoms with Crippen molar-refractivity contribution in [3.8, 4) is 0 Å². The molecule has 0 atom stereocenters. The number of piperidine rings is 1. The Morgan fingerprint density at radius 3 is 2.56 bits per heavy atom. The van der Waals surface area contributed by atoms with Crippen molar-refractivity contribution in [3.63, 3.8) is 0 Å². The number of sulfone groups is 1. The minimum absolute atomic E-state index is 0.324. The van der Waals surface area contributed by atoms with Crippen LogP contribution in [-0.2, 0) is 9.84 Å². The Morgan fingerprint density at radius 2 is 1.89 bits per heavy atom. The summed E-state index contributed by atoms with van der Waals surface area (Å²) >= 11 is 0. The van der Waals surface area contributed by atoms with Gasteiger partial charge in [0, 0.05) is 13.1 Å². The van der Waals surface area contributed by atoms with Crippen LogP contribution in [0.4, 0.5) is 0 Å². The maximum Gasteiger partial charge on any atom is 0.156 e. The first-order valence-electron chi connectivity index (χ1n) is 7.06. The van der Waals surface area contributed by atoms with Crippen molar-refractivity contribution in [3.05, 3.63) is 0 Å². The van der Waals surface area contributed by atoms with E-state index >= 15 is 0 Å². The molecule has 0 spiro atoms. The zero-order valence-electron chi connectivity index (χ0n) is 11.6. The van der Waals surface area contributed by atoms with Crippen LogP contribution in [0.5, 0.6) is 0 Å². The first-order valence-corrected chi connectivity index (χ1v) is 8.71. The highest BCUT2D eigenvalue weighted by Gasteiger charge is 2.37. The second-order valence-corrected chi connectivity index (χ2v) is 9.07. The van der Waals surface area contributed by atoms with Crippen molar-refractivity contribution in [2.24, 2.45) is 5.92 Å². The normalized spacial score (nSPS) is 29.9. The molecule has 106 valence electrons. The zero-order chi connectivity index (χ0) is 13.2. The smallest absolute Gasteiger partial charge is 0.156 e. The summed E-state index contributed by atoms with van der Waals surface area (Å²) in [5, 5.41) is 3.38. The van der Waals surface area contributed by atoms with Crippen LogP contribution in [0.2, 0.25) is 0 Å². The van der Waals surface area contributed by atoms with E-state index in [0.29, 0.717) is 5.75 Å². The van der Waals surface area contributed by atoms with E-state index in [4.69, 9.17) is 0 Å². The summed E-state index contributed by atoms with van der Waals surface area (Å²) in [6, 6.07) is 0. The molecule has 0 aromatic carbocycles. The Bertz CT molecular complexity index is 372. The van der Waals surface area contributed by atoms with Crippen LogP contribution < -0.4 is 5.32 Å². The third kappa shape index (κ3) is 3.25. The molecule has 2 heterocycles. The van der Waals surface area contributed by atoms with E-state index in [-0.39, 0.29) is 0 Å². The van der Waals surface area contributed by atoms with E-state index < -0.39 is 14.6 Å². The predicted molar refractivity (Wildman–Crippen MR) is 74.5 cm³/mol. The van der Waals surface area contributed by atoms with Gasteiger partial charge in [0.05, 0.1) is 10.5 Å². The molecule has 0 bridgehead atoms. The lowest BCUT2D eigenvalue weighted by atomic mass is 9.97. The van der Waals surface area contributed by atoms with Gasteiger partial charge in [0.1, 0.15) is 0 Å². The SMILES string of the molecule is CC1(C)CCN(CC2CCNCC2)CCS1(=O)=O. The molecule has 0 aromatic heterocycles. The molecule has 0 amide bonds. The topological polar surface area (TPSA) is 49.4 Å². The summed E-state index contributed by atoms with van der Waals surface area (Å²) in [4.78, 5) is 2.36. The maximum absolute atomic E-state index is 12.1. The maximum atomic E-state index is 12.1. The Morgan fingerprint density at radius 1 is 1.22 bits per heavy atom. The van der Waals surface area contributed by atoms with Crippen LogP contribution in [0.15, 0.2) is 0 Å². The Hall–Kier alpha value is -0.130. The van der Waals surface area contributed by atoms with Crippen molar-refractivity contribution in [2.45, 2.75) is 37.9 Å². The van der Waals surface area contributed by atoms with Gasteiger partial charge in [0.15, 0.2) is 9.84 Å². The van der Waals surface area contributed by atoms with Crippen molar-refractivity contribution in [2.75, 3.05) is 38.5 Å². The molecule has 2 rings (SSSR count). The van der Waals surface area contributed by atoms with Gasteiger partial charge in [-0.05, 0) is 58.7 Å². The number of rotatable bonds is 2. The largest absolute Gasteiger partial charge is 0.317 e. The van der Waals surface area contributed by atoms with Gasteiger partial charge in [-0.2, -0.15) is 0 Å². The summed E-state index contributed by atoms with van der Waals surface area (Å²) in [6.07, 6.45) is 3.22. The molecular weight excluding hydrogens is 248 g/mol. The summed E-state index contributed by atoms with van der Waals surface area (Å²) in [6.45, 7) is 8.69. The second-order valence-electron chi connectivity index (χ2n) is 6.32. The lowest BCUT2D eigenvalue weighted by Gasteiger charge is -2.29. The molecule has 0 aromatic rings. The van der Waals surface area contributed by atoms with Crippen LogP contribution in [-0.4, -0.2) is 56.5 Å². The van der Waals surface area contributed by atoms with Gasteiger partial charge in [-0.25, -0.2) is 8.42 Å². The monoisotopic (exact) mass is 274 g/mol. The van der Waals surface area contributed by atoms with E-state index in [1.165, 1.54) is 12.8 Å². The molecule has 5 heteroatoms.